The van der Waals surface area contributed by atoms with Gasteiger partial charge in [-0.05, 0) is 30.9 Å². The van der Waals surface area contributed by atoms with Gasteiger partial charge in [0.05, 0.1) is 18.7 Å². The molecule has 0 atom stereocenters. The summed E-state index contributed by atoms with van der Waals surface area (Å²) in [5, 5.41) is 21.5. The van der Waals surface area contributed by atoms with Crippen molar-refractivity contribution in [3.8, 4) is 0 Å². The number of nitrogens with zero attached hydrogens (tertiary/aromatic N) is 4. The molecule has 2 rings (SSSR count). The van der Waals surface area contributed by atoms with E-state index < -0.39 is 5.60 Å². The van der Waals surface area contributed by atoms with Crippen LogP contribution >= 0.6 is 0 Å². The summed E-state index contributed by atoms with van der Waals surface area (Å²) >= 11 is 0. The molecule has 0 aliphatic rings. The van der Waals surface area contributed by atoms with Gasteiger partial charge in [-0.1, -0.05) is 51.0 Å². The Bertz CT molecular complexity index is 707. The molecule has 0 saturated heterocycles. The summed E-state index contributed by atoms with van der Waals surface area (Å²) < 4.78 is 1.80. The summed E-state index contributed by atoms with van der Waals surface area (Å²) in [5.41, 5.74) is 1.61. The molecule has 7 nitrogen and oxygen atoms in total. The predicted octanol–water partition coefficient (Wildman–Crippen LogP) is 2.71. The third kappa shape index (κ3) is 7.31. The fourth-order valence-electron chi connectivity index (χ4n) is 3.32. The number of benzene rings is 1. The Kier molecular flexibility index (Phi) is 8.94. The topological polar surface area (TPSA) is 87.4 Å². The Labute approximate surface area is 168 Å². The lowest BCUT2D eigenvalue weighted by Gasteiger charge is -2.28. The number of aliphatic hydroxyl groups is 1. The van der Waals surface area contributed by atoms with Crippen molar-refractivity contribution >= 4 is 5.96 Å². The van der Waals surface area contributed by atoms with Gasteiger partial charge >= 0.3 is 0 Å². The maximum atomic E-state index is 10.8. The van der Waals surface area contributed by atoms with Crippen LogP contribution in [-0.2, 0) is 13.1 Å². The van der Waals surface area contributed by atoms with Gasteiger partial charge < -0.3 is 15.7 Å². The SMILES string of the molecule is CCCC(O)(CCC)CNC(=NCc1cccc(Cn2cncn2)c1)NCC. The van der Waals surface area contributed by atoms with Crippen LogP contribution < -0.4 is 10.6 Å². The minimum Gasteiger partial charge on any atom is -0.388 e. The molecule has 0 saturated carbocycles. The molecule has 7 heteroatoms. The number of hydrogen-bond donors (Lipinski definition) is 3. The molecule has 1 heterocycles. The largest absolute Gasteiger partial charge is 0.388 e. The van der Waals surface area contributed by atoms with E-state index in [0.29, 0.717) is 19.6 Å². The van der Waals surface area contributed by atoms with Gasteiger partial charge in [0, 0.05) is 13.1 Å². The van der Waals surface area contributed by atoms with E-state index in [2.05, 4.69) is 52.8 Å². The molecule has 1 aromatic carbocycles. The number of aliphatic imine (C=N–C) groups is 1. The Morgan fingerprint density at radius 2 is 1.89 bits per heavy atom. The first-order valence-electron chi connectivity index (χ1n) is 10.2. The summed E-state index contributed by atoms with van der Waals surface area (Å²) in [6.07, 6.45) is 6.76. The number of aromatic nitrogens is 3. The van der Waals surface area contributed by atoms with Gasteiger partial charge in [-0.25, -0.2) is 14.7 Å². The van der Waals surface area contributed by atoms with Gasteiger partial charge in [0.25, 0.3) is 0 Å². The monoisotopic (exact) mass is 386 g/mol. The van der Waals surface area contributed by atoms with E-state index in [9.17, 15) is 5.11 Å². The average Bonchev–Trinajstić information content (AvgIpc) is 3.18. The van der Waals surface area contributed by atoms with E-state index in [-0.39, 0.29) is 0 Å². The zero-order chi connectivity index (χ0) is 20.2. The van der Waals surface area contributed by atoms with Crippen LogP contribution in [0.15, 0.2) is 41.9 Å². The summed E-state index contributed by atoms with van der Waals surface area (Å²) in [6, 6.07) is 8.33. The van der Waals surface area contributed by atoms with Crippen LogP contribution in [-0.4, -0.2) is 44.5 Å². The van der Waals surface area contributed by atoms with Gasteiger partial charge in [0.1, 0.15) is 12.7 Å². The first-order chi connectivity index (χ1) is 13.6. The lowest BCUT2D eigenvalue weighted by atomic mass is 9.93. The molecule has 154 valence electrons. The summed E-state index contributed by atoms with van der Waals surface area (Å²) in [7, 11) is 0. The van der Waals surface area contributed by atoms with Crippen LogP contribution in [0.3, 0.4) is 0 Å². The molecule has 3 N–H and O–H groups in total. The zero-order valence-corrected chi connectivity index (χ0v) is 17.4. The van der Waals surface area contributed by atoms with Crippen molar-refractivity contribution < 1.29 is 5.11 Å². The molecule has 28 heavy (non-hydrogen) atoms. The van der Waals surface area contributed by atoms with E-state index >= 15 is 0 Å². The molecule has 0 fully saturated rings. The van der Waals surface area contributed by atoms with Gasteiger partial charge in [0.2, 0.25) is 0 Å². The van der Waals surface area contributed by atoms with E-state index in [1.165, 1.54) is 0 Å². The van der Waals surface area contributed by atoms with Crippen molar-refractivity contribution in [1.29, 1.82) is 0 Å². The standard InChI is InChI=1S/C21H34N6O/c1-4-10-21(28,11-5-2)15-25-20(23-6-3)24-13-18-8-7-9-19(12-18)14-27-17-22-16-26-27/h7-9,12,16-17,28H,4-6,10-11,13-15H2,1-3H3,(H2,23,24,25). The second-order valence-electron chi connectivity index (χ2n) is 7.19. The lowest BCUT2D eigenvalue weighted by molar-refractivity contribution is 0.0257. The first kappa shape index (κ1) is 21.9. The van der Waals surface area contributed by atoms with E-state index in [1.54, 1.807) is 17.3 Å². The number of guanidine groups is 1. The van der Waals surface area contributed by atoms with Crippen molar-refractivity contribution in [2.24, 2.45) is 4.99 Å². The Morgan fingerprint density at radius 1 is 1.14 bits per heavy atom. The minimum atomic E-state index is -0.683. The molecule has 0 unspecified atom stereocenters. The number of rotatable bonds is 11. The van der Waals surface area contributed by atoms with Crippen LogP contribution in [0, 0.1) is 0 Å². The highest BCUT2D eigenvalue weighted by Crippen LogP contribution is 2.18. The first-order valence-corrected chi connectivity index (χ1v) is 10.2. The van der Waals surface area contributed by atoms with Crippen molar-refractivity contribution in [3.05, 3.63) is 48.0 Å². The van der Waals surface area contributed by atoms with Crippen LogP contribution in [0.2, 0.25) is 0 Å². The second kappa shape index (κ2) is 11.4. The fourth-order valence-corrected chi connectivity index (χ4v) is 3.32. The summed E-state index contributed by atoms with van der Waals surface area (Å²) in [6.45, 7) is 8.79. The normalized spacial score (nSPS) is 12.2. The molecule has 0 radical (unpaired) electrons. The highest BCUT2D eigenvalue weighted by molar-refractivity contribution is 5.79. The summed E-state index contributed by atoms with van der Waals surface area (Å²) in [5.74, 6) is 0.731. The Balaban J connectivity index is 1.99. The highest BCUT2D eigenvalue weighted by Gasteiger charge is 2.24. The van der Waals surface area contributed by atoms with Gasteiger partial charge in [0.15, 0.2) is 5.96 Å². The van der Waals surface area contributed by atoms with Crippen molar-refractivity contribution in [3.63, 3.8) is 0 Å². The molecule has 2 aromatic rings. The van der Waals surface area contributed by atoms with Crippen LogP contribution in [0.1, 0.15) is 57.6 Å². The third-order valence-electron chi connectivity index (χ3n) is 4.58. The lowest BCUT2D eigenvalue weighted by Crippen LogP contribution is -2.47. The zero-order valence-electron chi connectivity index (χ0n) is 17.4. The van der Waals surface area contributed by atoms with Gasteiger partial charge in [-0.15, -0.1) is 0 Å². The average molecular weight is 387 g/mol. The molecular formula is C21H34N6O. The third-order valence-corrected chi connectivity index (χ3v) is 4.58. The number of nitrogens with one attached hydrogen (secondary N) is 2. The maximum absolute atomic E-state index is 10.8. The van der Waals surface area contributed by atoms with E-state index in [0.717, 1.165) is 49.3 Å². The Morgan fingerprint density at radius 3 is 2.54 bits per heavy atom. The predicted molar refractivity (Wildman–Crippen MR) is 113 cm³/mol. The fraction of sp³-hybridized carbons (Fsp3) is 0.571. The molecule has 1 aromatic heterocycles. The summed E-state index contributed by atoms with van der Waals surface area (Å²) in [4.78, 5) is 8.67. The smallest absolute Gasteiger partial charge is 0.191 e. The van der Waals surface area contributed by atoms with Gasteiger partial charge in [-0.2, -0.15) is 5.10 Å². The quantitative estimate of drug-likeness (QED) is 0.408. The molecule has 0 bridgehead atoms. The molecule has 0 aliphatic heterocycles. The van der Waals surface area contributed by atoms with Crippen molar-refractivity contribution in [2.75, 3.05) is 13.1 Å². The highest BCUT2D eigenvalue weighted by atomic mass is 16.3. The van der Waals surface area contributed by atoms with Crippen molar-refractivity contribution in [1.82, 2.24) is 25.4 Å². The van der Waals surface area contributed by atoms with Gasteiger partial charge in [-0.3, -0.25) is 0 Å². The molecular weight excluding hydrogens is 352 g/mol. The Hall–Kier alpha value is -2.41. The van der Waals surface area contributed by atoms with E-state index in [4.69, 9.17) is 4.99 Å². The second-order valence-corrected chi connectivity index (χ2v) is 7.19. The molecule has 0 aliphatic carbocycles. The number of hydrogen-bond acceptors (Lipinski definition) is 4. The van der Waals surface area contributed by atoms with E-state index in [1.807, 2.05) is 13.0 Å². The molecule has 0 amide bonds. The van der Waals surface area contributed by atoms with Crippen LogP contribution in [0.25, 0.3) is 0 Å². The van der Waals surface area contributed by atoms with Crippen LogP contribution in [0.5, 0.6) is 0 Å². The van der Waals surface area contributed by atoms with Crippen LogP contribution in [0.4, 0.5) is 0 Å². The van der Waals surface area contributed by atoms with Crippen molar-refractivity contribution in [2.45, 2.75) is 65.1 Å². The maximum Gasteiger partial charge on any atom is 0.191 e. The molecule has 0 spiro atoms. The minimum absolute atomic E-state index is 0.507.